The summed E-state index contributed by atoms with van der Waals surface area (Å²) in [7, 11) is 0. The van der Waals surface area contributed by atoms with Gasteiger partial charge >= 0.3 is 0 Å². The second-order valence-corrected chi connectivity index (χ2v) is 5.71. The minimum absolute atomic E-state index is 0.486. The molecule has 0 aromatic heterocycles. The lowest BCUT2D eigenvalue weighted by Gasteiger charge is -2.29. The molecule has 0 spiro atoms. The van der Waals surface area contributed by atoms with Crippen molar-refractivity contribution < 1.29 is 9.47 Å². The molecule has 0 saturated heterocycles. The van der Waals surface area contributed by atoms with Crippen molar-refractivity contribution in [2.75, 3.05) is 13.2 Å². The minimum Gasteiger partial charge on any atom is -0.376 e. The lowest BCUT2D eigenvalue weighted by atomic mass is 9.83. The van der Waals surface area contributed by atoms with E-state index in [0.29, 0.717) is 25.0 Å². The molecule has 0 heterocycles. The number of benzene rings is 2. The molecule has 0 amide bonds. The zero-order chi connectivity index (χ0) is 15.0. The summed E-state index contributed by atoms with van der Waals surface area (Å²) in [5.41, 5.74) is 2.45. The standard InChI is InChI=1S/C20H22O2/c1-3-7-17(8-4-1)13-21-15-19-11-12-20(19)16-22-14-18-9-5-2-6-10-18/h1-12,19-20H,13-16H2/t19-,20+. The average molecular weight is 294 g/mol. The van der Waals surface area contributed by atoms with Crippen molar-refractivity contribution >= 4 is 0 Å². The van der Waals surface area contributed by atoms with Crippen LogP contribution in [-0.4, -0.2) is 13.2 Å². The number of rotatable bonds is 8. The smallest absolute Gasteiger partial charge is 0.0717 e. The Kier molecular flexibility index (Phi) is 5.41. The maximum absolute atomic E-state index is 5.81. The average Bonchev–Trinajstić information content (AvgIpc) is 2.56. The summed E-state index contributed by atoms with van der Waals surface area (Å²) >= 11 is 0. The van der Waals surface area contributed by atoms with E-state index in [1.165, 1.54) is 11.1 Å². The van der Waals surface area contributed by atoms with Crippen LogP contribution in [0.5, 0.6) is 0 Å². The number of hydrogen-bond acceptors (Lipinski definition) is 2. The Morgan fingerprint density at radius 3 is 1.36 bits per heavy atom. The normalized spacial score (nSPS) is 19.8. The summed E-state index contributed by atoms with van der Waals surface area (Å²) in [4.78, 5) is 0. The third kappa shape index (κ3) is 4.30. The minimum atomic E-state index is 0.486. The van der Waals surface area contributed by atoms with Crippen LogP contribution in [0.4, 0.5) is 0 Å². The van der Waals surface area contributed by atoms with E-state index in [9.17, 15) is 0 Å². The van der Waals surface area contributed by atoms with Gasteiger partial charge in [-0.25, -0.2) is 0 Å². The molecule has 2 aromatic rings. The van der Waals surface area contributed by atoms with E-state index in [0.717, 1.165) is 13.2 Å². The van der Waals surface area contributed by atoms with E-state index in [-0.39, 0.29) is 0 Å². The topological polar surface area (TPSA) is 18.5 Å². The largest absolute Gasteiger partial charge is 0.376 e. The summed E-state index contributed by atoms with van der Waals surface area (Å²) in [6, 6.07) is 20.6. The highest BCUT2D eigenvalue weighted by Crippen LogP contribution is 2.26. The molecule has 1 aliphatic rings. The van der Waals surface area contributed by atoms with Crippen molar-refractivity contribution in [3.8, 4) is 0 Å². The van der Waals surface area contributed by atoms with Gasteiger partial charge in [0.2, 0.25) is 0 Å². The van der Waals surface area contributed by atoms with E-state index in [4.69, 9.17) is 9.47 Å². The molecular formula is C20H22O2. The first kappa shape index (κ1) is 15.0. The zero-order valence-electron chi connectivity index (χ0n) is 12.7. The van der Waals surface area contributed by atoms with Crippen LogP contribution in [0.25, 0.3) is 0 Å². The highest BCUT2D eigenvalue weighted by atomic mass is 16.5. The molecule has 22 heavy (non-hydrogen) atoms. The first-order valence-electron chi connectivity index (χ1n) is 7.83. The first-order valence-corrected chi connectivity index (χ1v) is 7.83. The third-order valence-corrected chi connectivity index (χ3v) is 4.00. The van der Waals surface area contributed by atoms with E-state index >= 15 is 0 Å². The molecule has 0 saturated carbocycles. The fraction of sp³-hybridized carbons (Fsp3) is 0.300. The van der Waals surface area contributed by atoms with Crippen LogP contribution in [0, 0.1) is 11.8 Å². The molecule has 2 heteroatoms. The molecule has 0 bridgehead atoms. The molecule has 2 aromatic carbocycles. The number of ether oxygens (including phenoxy) is 2. The second-order valence-electron chi connectivity index (χ2n) is 5.71. The Morgan fingerprint density at radius 2 is 1.00 bits per heavy atom. The van der Waals surface area contributed by atoms with Crippen LogP contribution in [0.15, 0.2) is 72.8 Å². The zero-order valence-corrected chi connectivity index (χ0v) is 12.7. The summed E-state index contributed by atoms with van der Waals surface area (Å²) in [6.45, 7) is 2.90. The Bertz CT molecular complexity index is 524. The van der Waals surface area contributed by atoms with Crippen LogP contribution < -0.4 is 0 Å². The van der Waals surface area contributed by atoms with Crippen LogP contribution in [0.3, 0.4) is 0 Å². The van der Waals surface area contributed by atoms with Gasteiger partial charge in [0, 0.05) is 11.8 Å². The molecule has 0 radical (unpaired) electrons. The van der Waals surface area contributed by atoms with Crippen molar-refractivity contribution in [2.24, 2.45) is 11.8 Å². The van der Waals surface area contributed by atoms with Crippen molar-refractivity contribution in [1.29, 1.82) is 0 Å². The van der Waals surface area contributed by atoms with Crippen LogP contribution in [-0.2, 0) is 22.7 Å². The summed E-state index contributed by atoms with van der Waals surface area (Å²) in [5, 5.41) is 0. The Balaban J connectivity index is 1.33. The van der Waals surface area contributed by atoms with Gasteiger partial charge in [-0.15, -0.1) is 0 Å². The molecule has 2 nitrogen and oxygen atoms in total. The van der Waals surface area contributed by atoms with Crippen molar-refractivity contribution in [3.05, 3.63) is 83.9 Å². The molecule has 2 atom stereocenters. The molecule has 0 aliphatic heterocycles. The summed E-state index contributed by atoms with van der Waals surface area (Å²) < 4.78 is 11.6. The molecule has 0 unspecified atom stereocenters. The first-order chi connectivity index (χ1) is 10.9. The van der Waals surface area contributed by atoms with E-state index in [2.05, 4.69) is 36.4 Å². The van der Waals surface area contributed by atoms with Crippen molar-refractivity contribution in [2.45, 2.75) is 13.2 Å². The van der Waals surface area contributed by atoms with Gasteiger partial charge in [0.05, 0.1) is 26.4 Å². The maximum atomic E-state index is 5.81. The van der Waals surface area contributed by atoms with E-state index in [1.54, 1.807) is 0 Å². The molecule has 114 valence electrons. The fourth-order valence-corrected chi connectivity index (χ4v) is 2.56. The van der Waals surface area contributed by atoms with Crippen LogP contribution in [0.2, 0.25) is 0 Å². The van der Waals surface area contributed by atoms with Gasteiger partial charge < -0.3 is 9.47 Å². The Hall–Kier alpha value is -1.90. The quantitative estimate of drug-likeness (QED) is 0.679. The van der Waals surface area contributed by atoms with Gasteiger partial charge in [-0.2, -0.15) is 0 Å². The molecular weight excluding hydrogens is 272 g/mol. The maximum Gasteiger partial charge on any atom is 0.0717 e. The highest BCUT2D eigenvalue weighted by Gasteiger charge is 2.24. The Morgan fingerprint density at radius 1 is 0.591 bits per heavy atom. The van der Waals surface area contributed by atoms with E-state index < -0.39 is 0 Å². The SMILES string of the molecule is C1=C[C@@H](COCc2ccccc2)[C@H]1COCc1ccccc1. The molecule has 0 fully saturated rings. The van der Waals surface area contributed by atoms with Crippen LogP contribution in [0.1, 0.15) is 11.1 Å². The lowest BCUT2D eigenvalue weighted by molar-refractivity contribution is 0.0405. The number of hydrogen-bond donors (Lipinski definition) is 0. The predicted octanol–water partition coefficient (Wildman–Crippen LogP) is 4.22. The lowest BCUT2D eigenvalue weighted by Crippen LogP contribution is -2.27. The highest BCUT2D eigenvalue weighted by molar-refractivity contribution is 5.15. The van der Waals surface area contributed by atoms with Crippen molar-refractivity contribution in [1.82, 2.24) is 0 Å². The summed E-state index contributed by atoms with van der Waals surface area (Å²) in [6.07, 6.45) is 4.45. The van der Waals surface area contributed by atoms with Crippen LogP contribution >= 0.6 is 0 Å². The Labute approximate surface area is 132 Å². The second kappa shape index (κ2) is 7.92. The van der Waals surface area contributed by atoms with Gasteiger partial charge in [0.1, 0.15) is 0 Å². The molecule has 1 aliphatic carbocycles. The van der Waals surface area contributed by atoms with E-state index in [1.807, 2.05) is 36.4 Å². The van der Waals surface area contributed by atoms with Gasteiger partial charge in [0.25, 0.3) is 0 Å². The molecule has 3 rings (SSSR count). The van der Waals surface area contributed by atoms with Gasteiger partial charge in [-0.1, -0.05) is 72.8 Å². The monoisotopic (exact) mass is 294 g/mol. The van der Waals surface area contributed by atoms with Gasteiger partial charge in [-0.3, -0.25) is 0 Å². The summed E-state index contributed by atoms with van der Waals surface area (Å²) in [5.74, 6) is 0.971. The predicted molar refractivity (Wildman–Crippen MR) is 88.3 cm³/mol. The van der Waals surface area contributed by atoms with Gasteiger partial charge in [-0.05, 0) is 11.1 Å². The fourth-order valence-electron chi connectivity index (χ4n) is 2.56. The molecule has 0 N–H and O–H groups in total. The van der Waals surface area contributed by atoms with Crippen molar-refractivity contribution in [3.63, 3.8) is 0 Å². The van der Waals surface area contributed by atoms with Gasteiger partial charge in [0.15, 0.2) is 0 Å². The third-order valence-electron chi connectivity index (χ3n) is 4.00.